The minimum Gasteiger partial charge on any atom is -0.289 e. The van der Waals surface area contributed by atoms with Gasteiger partial charge in [0.25, 0.3) is 0 Å². The SMILES string of the molecule is CC(CC([C]=O)(c1ccccc1)c1ccccc1)(c1ccccc1)c1ccccc1. The predicted octanol–water partition coefficient (Wildman–Crippen LogP) is 6.48. The van der Waals surface area contributed by atoms with E-state index < -0.39 is 5.41 Å². The van der Waals surface area contributed by atoms with Gasteiger partial charge in [-0.2, -0.15) is 0 Å². The lowest BCUT2D eigenvalue weighted by atomic mass is 9.61. The van der Waals surface area contributed by atoms with E-state index in [1.165, 1.54) is 11.1 Å². The van der Waals surface area contributed by atoms with Crippen LogP contribution in [0.1, 0.15) is 35.6 Å². The molecule has 0 aromatic heterocycles. The van der Waals surface area contributed by atoms with Gasteiger partial charge in [0.05, 0.1) is 5.41 Å². The van der Waals surface area contributed by atoms with Crippen molar-refractivity contribution in [2.45, 2.75) is 24.2 Å². The van der Waals surface area contributed by atoms with Gasteiger partial charge in [-0.15, -0.1) is 0 Å². The molecule has 30 heavy (non-hydrogen) atoms. The van der Waals surface area contributed by atoms with Crippen LogP contribution in [0.5, 0.6) is 0 Å². The number of hydrogen-bond acceptors (Lipinski definition) is 1. The summed E-state index contributed by atoms with van der Waals surface area (Å²) in [4.78, 5) is 12.8. The molecule has 0 fully saturated rings. The normalized spacial score (nSPS) is 11.8. The Labute approximate surface area is 179 Å². The van der Waals surface area contributed by atoms with Crippen LogP contribution in [0.4, 0.5) is 0 Å². The van der Waals surface area contributed by atoms with Crippen molar-refractivity contribution >= 4 is 6.29 Å². The Balaban J connectivity index is 1.96. The monoisotopic (exact) mass is 389 g/mol. The van der Waals surface area contributed by atoms with Crippen molar-refractivity contribution in [1.82, 2.24) is 0 Å². The number of benzene rings is 4. The van der Waals surface area contributed by atoms with E-state index in [2.05, 4.69) is 61.7 Å². The van der Waals surface area contributed by atoms with Crippen LogP contribution in [-0.2, 0) is 15.6 Å². The molecular weight excluding hydrogens is 364 g/mol. The van der Waals surface area contributed by atoms with E-state index >= 15 is 0 Å². The molecule has 0 aliphatic rings. The Hall–Kier alpha value is -3.45. The summed E-state index contributed by atoms with van der Waals surface area (Å²) in [5.74, 6) is 0. The summed E-state index contributed by atoms with van der Waals surface area (Å²) in [5, 5.41) is 0. The largest absolute Gasteiger partial charge is 0.289 e. The zero-order valence-corrected chi connectivity index (χ0v) is 17.2. The van der Waals surface area contributed by atoms with E-state index in [0.717, 1.165) is 11.1 Å². The second-order valence-electron chi connectivity index (χ2n) is 7.98. The first-order valence-corrected chi connectivity index (χ1v) is 10.3. The summed E-state index contributed by atoms with van der Waals surface area (Å²) in [6, 6.07) is 41.0. The molecule has 0 heterocycles. The number of hydrogen-bond donors (Lipinski definition) is 0. The molecule has 4 aromatic rings. The quantitative estimate of drug-likeness (QED) is 0.354. The Morgan fingerprint density at radius 1 is 0.533 bits per heavy atom. The molecule has 0 amide bonds. The standard InChI is InChI=1S/C29H25O/c1-28(24-14-6-2-7-15-24,25-16-8-3-9-17-25)22-29(23-30,26-18-10-4-11-19-26)27-20-12-5-13-21-27/h2-21H,22H2,1H3. The van der Waals surface area contributed by atoms with Crippen LogP contribution in [0.3, 0.4) is 0 Å². The third-order valence-electron chi connectivity index (χ3n) is 6.15. The summed E-state index contributed by atoms with van der Waals surface area (Å²) in [5.41, 5.74) is 3.02. The van der Waals surface area contributed by atoms with Crippen LogP contribution >= 0.6 is 0 Å². The van der Waals surface area contributed by atoms with Gasteiger partial charge < -0.3 is 0 Å². The predicted molar refractivity (Wildman–Crippen MR) is 123 cm³/mol. The van der Waals surface area contributed by atoms with Gasteiger partial charge in [0.15, 0.2) is 0 Å². The Morgan fingerprint density at radius 2 is 0.833 bits per heavy atom. The van der Waals surface area contributed by atoms with Gasteiger partial charge in [-0.25, -0.2) is 0 Å². The first kappa shape index (κ1) is 19.8. The maximum absolute atomic E-state index is 12.8. The van der Waals surface area contributed by atoms with Crippen LogP contribution < -0.4 is 0 Å². The minimum atomic E-state index is -0.886. The molecule has 0 atom stereocenters. The van der Waals surface area contributed by atoms with E-state index in [-0.39, 0.29) is 5.41 Å². The van der Waals surface area contributed by atoms with E-state index in [9.17, 15) is 4.79 Å². The van der Waals surface area contributed by atoms with Crippen LogP contribution in [0.2, 0.25) is 0 Å². The van der Waals surface area contributed by atoms with Crippen molar-refractivity contribution < 1.29 is 4.79 Å². The van der Waals surface area contributed by atoms with Gasteiger partial charge in [-0.05, 0) is 28.7 Å². The van der Waals surface area contributed by atoms with Crippen LogP contribution in [0, 0.1) is 0 Å². The van der Waals surface area contributed by atoms with Gasteiger partial charge in [0.1, 0.15) is 0 Å². The fourth-order valence-electron chi connectivity index (χ4n) is 4.48. The average molecular weight is 390 g/mol. The molecule has 0 aliphatic carbocycles. The molecule has 0 spiro atoms. The van der Waals surface area contributed by atoms with Crippen molar-refractivity contribution in [2.24, 2.45) is 0 Å². The molecule has 147 valence electrons. The fourth-order valence-corrected chi connectivity index (χ4v) is 4.48. The smallest absolute Gasteiger partial charge is 0.214 e. The third kappa shape index (κ3) is 3.59. The Morgan fingerprint density at radius 3 is 1.13 bits per heavy atom. The van der Waals surface area contributed by atoms with Crippen molar-refractivity contribution in [3.8, 4) is 0 Å². The van der Waals surface area contributed by atoms with Crippen molar-refractivity contribution in [3.05, 3.63) is 144 Å². The maximum Gasteiger partial charge on any atom is 0.214 e. The average Bonchev–Trinajstić information content (AvgIpc) is 2.85. The van der Waals surface area contributed by atoms with E-state index in [1.54, 1.807) is 0 Å². The highest BCUT2D eigenvalue weighted by atomic mass is 16.1. The minimum absolute atomic E-state index is 0.383. The van der Waals surface area contributed by atoms with E-state index in [0.29, 0.717) is 6.42 Å². The molecule has 4 aromatic carbocycles. The van der Waals surface area contributed by atoms with Gasteiger partial charge in [0, 0.05) is 5.41 Å². The molecular formula is C29H25O. The van der Waals surface area contributed by atoms with Crippen LogP contribution in [-0.4, -0.2) is 6.29 Å². The molecule has 0 N–H and O–H groups in total. The van der Waals surface area contributed by atoms with Crippen molar-refractivity contribution in [2.75, 3.05) is 0 Å². The molecule has 4 rings (SSSR count). The van der Waals surface area contributed by atoms with Crippen LogP contribution in [0.15, 0.2) is 121 Å². The third-order valence-corrected chi connectivity index (χ3v) is 6.15. The summed E-state index contributed by atoms with van der Waals surface area (Å²) < 4.78 is 0. The second-order valence-corrected chi connectivity index (χ2v) is 7.98. The zero-order chi connectivity index (χ0) is 20.9. The molecule has 0 unspecified atom stereocenters. The summed E-state index contributed by atoms with van der Waals surface area (Å²) in [6.07, 6.45) is 3.07. The van der Waals surface area contributed by atoms with E-state index in [1.807, 2.05) is 72.8 Å². The number of carbonyl (C=O) groups excluding carboxylic acids is 1. The fraction of sp³-hybridized carbons (Fsp3) is 0.138. The van der Waals surface area contributed by atoms with Gasteiger partial charge >= 0.3 is 0 Å². The molecule has 1 heteroatoms. The lowest BCUT2D eigenvalue weighted by Gasteiger charge is -2.40. The summed E-state index contributed by atoms with van der Waals surface area (Å²) >= 11 is 0. The molecule has 0 saturated carbocycles. The van der Waals surface area contributed by atoms with Gasteiger partial charge in [-0.1, -0.05) is 128 Å². The summed E-state index contributed by atoms with van der Waals surface area (Å²) in [6.45, 7) is 2.23. The molecule has 0 aliphatic heterocycles. The Kier molecular flexibility index (Phi) is 5.63. The Bertz CT molecular complexity index is 991. The lowest BCUT2D eigenvalue weighted by molar-refractivity contribution is 0.419. The van der Waals surface area contributed by atoms with E-state index in [4.69, 9.17) is 0 Å². The summed E-state index contributed by atoms with van der Waals surface area (Å²) in [7, 11) is 0. The second kappa shape index (κ2) is 8.51. The highest BCUT2D eigenvalue weighted by Gasteiger charge is 2.43. The number of rotatable bonds is 7. The first-order valence-electron chi connectivity index (χ1n) is 10.3. The highest BCUT2D eigenvalue weighted by molar-refractivity contribution is 5.76. The van der Waals surface area contributed by atoms with Crippen LogP contribution in [0.25, 0.3) is 0 Å². The lowest BCUT2D eigenvalue weighted by Crippen LogP contribution is -2.39. The zero-order valence-electron chi connectivity index (χ0n) is 17.2. The molecule has 0 bridgehead atoms. The highest BCUT2D eigenvalue weighted by Crippen LogP contribution is 2.46. The van der Waals surface area contributed by atoms with Crippen molar-refractivity contribution in [3.63, 3.8) is 0 Å². The first-order chi connectivity index (χ1) is 14.7. The maximum atomic E-state index is 12.8. The van der Waals surface area contributed by atoms with Gasteiger partial charge in [-0.3, -0.25) is 4.79 Å². The topological polar surface area (TPSA) is 17.1 Å². The molecule has 1 nitrogen and oxygen atoms in total. The van der Waals surface area contributed by atoms with Crippen molar-refractivity contribution in [1.29, 1.82) is 0 Å². The molecule has 1 radical (unpaired) electrons. The van der Waals surface area contributed by atoms with Gasteiger partial charge in [0.2, 0.25) is 6.29 Å². The molecule has 0 saturated heterocycles.